The van der Waals surface area contributed by atoms with Crippen LogP contribution in [-0.4, -0.2) is 0 Å². The minimum Gasteiger partial charge on any atom is -0.0776 e. The maximum atomic E-state index is 2.33. The van der Waals surface area contributed by atoms with Crippen LogP contribution in [0.25, 0.3) is 0 Å². The fourth-order valence-electron chi connectivity index (χ4n) is 1.92. The van der Waals surface area contributed by atoms with Gasteiger partial charge in [-0.05, 0) is 28.4 Å². The molecule has 0 aliphatic carbocycles. The van der Waals surface area contributed by atoms with E-state index in [0.29, 0.717) is 0 Å². The Labute approximate surface area is 102 Å². The van der Waals surface area contributed by atoms with E-state index in [4.69, 9.17) is 0 Å². The Balaban J connectivity index is 0.00000225. The Bertz CT molecular complexity index is 326. The molecular formula is C16H28. The van der Waals surface area contributed by atoms with Gasteiger partial charge >= 0.3 is 0 Å². The normalized spacial score (nSPS) is 12.1. The largest absolute Gasteiger partial charge is 0.0776 e. The molecule has 0 N–H and O–H groups in total. The third-order valence-electron chi connectivity index (χ3n) is 3.35. The SMILES string of the molecule is C.CCC(C)(C)c1ccccc1C(C)(C)C. The Morgan fingerprint density at radius 2 is 1.31 bits per heavy atom. The summed E-state index contributed by atoms with van der Waals surface area (Å²) < 4.78 is 0. The van der Waals surface area contributed by atoms with Crippen LogP contribution in [0.4, 0.5) is 0 Å². The predicted octanol–water partition coefficient (Wildman–Crippen LogP) is 5.31. The summed E-state index contributed by atoms with van der Waals surface area (Å²) in [6.45, 7) is 13.8. The van der Waals surface area contributed by atoms with Crippen LogP contribution in [0, 0.1) is 0 Å². The number of benzene rings is 1. The fraction of sp³-hybridized carbons (Fsp3) is 0.625. The zero-order valence-electron chi connectivity index (χ0n) is 11.0. The molecule has 0 aliphatic rings. The summed E-state index contributed by atoms with van der Waals surface area (Å²) in [4.78, 5) is 0. The van der Waals surface area contributed by atoms with Crippen molar-refractivity contribution in [3.05, 3.63) is 35.4 Å². The molecule has 16 heavy (non-hydrogen) atoms. The van der Waals surface area contributed by atoms with Crippen LogP contribution >= 0.6 is 0 Å². The molecule has 1 rings (SSSR count). The van der Waals surface area contributed by atoms with Crippen molar-refractivity contribution in [1.29, 1.82) is 0 Å². The maximum absolute atomic E-state index is 2.33. The first kappa shape index (κ1) is 15.2. The molecule has 0 nitrogen and oxygen atoms in total. The molecule has 0 saturated carbocycles. The van der Waals surface area contributed by atoms with Crippen molar-refractivity contribution in [2.24, 2.45) is 0 Å². The topological polar surface area (TPSA) is 0 Å². The molecule has 1 aromatic carbocycles. The van der Waals surface area contributed by atoms with Crippen molar-refractivity contribution in [3.63, 3.8) is 0 Å². The van der Waals surface area contributed by atoms with Gasteiger partial charge in [0, 0.05) is 0 Å². The van der Waals surface area contributed by atoms with Crippen molar-refractivity contribution in [1.82, 2.24) is 0 Å². The second kappa shape index (κ2) is 5.03. The van der Waals surface area contributed by atoms with E-state index in [1.54, 1.807) is 0 Å². The molecule has 0 radical (unpaired) electrons. The third kappa shape index (κ3) is 3.10. The number of rotatable bonds is 2. The van der Waals surface area contributed by atoms with Crippen molar-refractivity contribution in [2.45, 2.75) is 66.2 Å². The average molecular weight is 220 g/mol. The van der Waals surface area contributed by atoms with Gasteiger partial charge in [0.2, 0.25) is 0 Å². The van der Waals surface area contributed by atoms with Crippen molar-refractivity contribution < 1.29 is 0 Å². The molecule has 0 spiro atoms. The monoisotopic (exact) mass is 220 g/mol. The van der Waals surface area contributed by atoms with Crippen LogP contribution in [0.3, 0.4) is 0 Å². The molecule has 1 aromatic rings. The summed E-state index contributed by atoms with van der Waals surface area (Å²) in [6, 6.07) is 8.86. The molecular weight excluding hydrogens is 192 g/mol. The van der Waals surface area contributed by atoms with E-state index in [1.165, 1.54) is 17.5 Å². The summed E-state index contributed by atoms with van der Waals surface area (Å²) in [6.07, 6.45) is 1.18. The molecule has 0 saturated heterocycles. The first-order chi connectivity index (χ1) is 6.79. The van der Waals surface area contributed by atoms with E-state index in [2.05, 4.69) is 65.8 Å². The highest BCUT2D eigenvalue weighted by molar-refractivity contribution is 5.37. The first-order valence-corrected chi connectivity index (χ1v) is 5.89. The van der Waals surface area contributed by atoms with E-state index < -0.39 is 0 Å². The smallest absolute Gasteiger partial charge is 0.0103 e. The van der Waals surface area contributed by atoms with Gasteiger partial charge in [-0.15, -0.1) is 0 Å². The standard InChI is InChI=1S/C15H24.CH4/c1-7-15(5,6)13-11-9-8-10-12(13)14(2,3)4;/h8-11H,7H2,1-6H3;1H4. The van der Waals surface area contributed by atoms with Crippen molar-refractivity contribution >= 4 is 0 Å². The lowest BCUT2D eigenvalue weighted by Crippen LogP contribution is -2.23. The van der Waals surface area contributed by atoms with Gasteiger partial charge in [0.15, 0.2) is 0 Å². The van der Waals surface area contributed by atoms with E-state index in [-0.39, 0.29) is 18.3 Å². The van der Waals surface area contributed by atoms with E-state index in [0.717, 1.165) is 0 Å². The Morgan fingerprint density at radius 1 is 0.875 bits per heavy atom. The lowest BCUT2D eigenvalue weighted by molar-refractivity contribution is 0.479. The summed E-state index contributed by atoms with van der Waals surface area (Å²) in [7, 11) is 0. The highest BCUT2D eigenvalue weighted by Crippen LogP contribution is 2.35. The second-order valence-electron chi connectivity index (χ2n) is 6.03. The molecule has 0 fully saturated rings. The Hall–Kier alpha value is -0.780. The zero-order chi connectivity index (χ0) is 11.7. The minimum absolute atomic E-state index is 0. The Kier molecular flexibility index (Phi) is 4.79. The van der Waals surface area contributed by atoms with Crippen LogP contribution in [0.2, 0.25) is 0 Å². The highest BCUT2D eigenvalue weighted by Gasteiger charge is 2.26. The molecule has 92 valence electrons. The van der Waals surface area contributed by atoms with Gasteiger partial charge < -0.3 is 0 Å². The van der Waals surface area contributed by atoms with Crippen LogP contribution in [0.15, 0.2) is 24.3 Å². The summed E-state index contributed by atoms with van der Waals surface area (Å²) in [5, 5.41) is 0. The molecule has 0 aliphatic heterocycles. The van der Waals surface area contributed by atoms with Gasteiger partial charge in [-0.2, -0.15) is 0 Å². The molecule has 0 aromatic heterocycles. The fourth-order valence-corrected chi connectivity index (χ4v) is 1.92. The van der Waals surface area contributed by atoms with E-state index in [9.17, 15) is 0 Å². The van der Waals surface area contributed by atoms with Crippen molar-refractivity contribution in [3.8, 4) is 0 Å². The molecule has 0 heterocycles. The van der Waals surface area contributed by atoms with Crippen LogP contribution < -0.4 is 0 Å². The van der Waals surface area contributed by atoms with Gasteiger partial charge in [-0.25, -0.2) is 0 Å². The molecule has 0 bridgehead atoms. The summed E-state index contributed by atoms with van der Waals surface area (Å²) in [5.41, 5.74) is 3.50. The van der Waals surface area contributed by atoms with Crippen LogP contribution in [0.5, 0.6) is 0 Å². The molecule has 0 amide bonds. The van der Waals surface area contributed by atoms with E-state index >= 15 is 0 Å². The minimum atomic E-state index is 0. The molecule has 0 unspecified atom stereocenters. The van der Waals surface area contributed by atoms with Crippen molar-refractivity contribution in [2.75, 3.05) is 0 Å². The number of hydrogen-bond acceptors (Lipinski definition) is 0. The lowest BCUT2D eigenvalue weighted by atomic mass is 9.73. The van der Waals surface area contributed by atoms with Gasteiger partial charge in [0.25, 0.3) is 0 Å². The van der Waals surface area contributed by atoms with Gasteiger partial charge in [-0.1, -0.05) is 73.2 Å². The Morgan fingerprint density at radius 3 is 1.69 bits per heavy atom. The second-order valence-corrected chi connectivity index (χ2v) is 6.03. The average Bonchev–Trinajstić information content (AvgIpc) is 2.16. The number of hydrogen-bond donors (Lipinski definition) is 0. The van der Waals surface area contributed by atoms with Crippen LogP contribution in [0.1, 0.15) is 66.5 Å². The van der Waals surface area contributed by atoms with Gasteiger partial charge in [0.1, 0.15) is 0 Å². The highest BCUT2D eigenvalue weighted by atomic mass is 14.3. The molecule has 0 atom stereocenters. The van der Waals surface area contributed by atoms with Gasteiger partial charge in [0.05, 0.1) is 0 Å². The van der Waals surface area contributed by atoms with Crippen LogP contribution in [-0.2, 0) is 10.8 Å². The zero-order valence-corrected chi connectivity index (χ0v) is 11.0. The summed E-state index contributed by atoms with van der Waals surface area (Å²) >= 11 is 0. The maximum Gasteiger partial charge on any atom is -0.0103 e. The van der Waals surface area contributed by atoms with E-state index in [1.807, 2.05) is 0 Å². The van der Waals surface area contributed by atoms with Gasteiger partial charge in [-0.3, -0.25) is 0 Å². The molecule has 0 heteroatoms. The lowest BCUT2D eigenvalue weighted by Gasteiger charge is -2.31. The first-order valence-electron chi connectivity index (χ1n) is 5.89. The third-order valence-corrected chi connectivity index (χ3v) is 3.35. The summed E-state index contributed by atoms with van der Waals surface area (Å²) in [5.74, 6) is 0. The predicted molar refractivity (Wildman–Crippen MR) is 75.2 cm³/mol. The quantitative estimate of drug-likeness (QED) is 0.634.